The minimum Gasteiger partial charge on any atom is -0.200 e. The van der Waals surface area contributed by atoms with Gasteiger partial charge in [0, 0.05) is 4.47 Å². The van der Waals surface area contributed by atoms with E-state index < -0.39 is 10.0 Å². The summed E-state index contributed by atoms with van der Waals surface area (Å²) in [6.45, 7) is 1.98. The van der Waals surface area contributed by atoms with Crippen molar-refractivity contribution in [2.24, 2.45) is 5.10 Å². The first-order valence-electron chi connectivity index (χ1n) is 5.84. The van der Waals surface area contributed by atoms with Crippen LogP contribution in [0.2, 0.25) is 0 Å². The maximum Gasteiger partial charge on any atom is 0.276 e. The number of hydrogen-bond donors (Lipinski definition) is 1. The molecule has 20 heavy (non-hydrogen) atoms. The summed E-state index contributed by atoms with van der Waals surface area (Å²) in [6.07, 6.45) is 1.47. The minimum atomic E-state index is -3.62. The van der Waals surface area contributed by atoms with E-state index in [0.29, 0.717) is 0 Å². The summed E-state index contributed by atoms with van der Waals surface area (Å²) in [6, 6.07) is 14.0. The lowest BCUT2D eigenvalue weighted by atomic mass is 10.2. The van der Waals surface area contributed by atoms with Crippen molar-refractivity contribution < 1.29 is 8.42 Å². The molecule has 0 bridgehead atoms. The van der Waals surface area contributed by atoms with Crippen LogP contribution in [-0.2, 0) is 10.0 Å². The topological polar surface area (TPSA) is 58.5 Å². The lowest BCUT2D eigenvalue weighted by Crippen LogP contribution is -2.18. The number of nitrogens with zero attached hydrogens (tertiary/aromatic N) is 1. The normalized spacial score (nSPS) is 11.7. The minimum absolute atomic E-state index is 0.168. The van der Waals surface area contributed by atoms with E-state index in [1.165, 1.54) is 18.3 Å². The van der Waals surface area contributed by atoms with Gasteiger partial charge in [-0.15, -0.1) is 0 Å². The second-order valence-electron chi connectivity index (χ2n) is 4.22. The standard InChI is InChI=1S/C14H13BrN2O2S/c1-11-2-4-12(5-3-11)10-16-17-20(18,19)14-8-6-13(15)7-9-14/h2-10,17H,1H3/b16-10-. The van der Waals surface area contributed by atoms with Crippen LogP contribution in [0.25, 0.3) is 0 Å². The molecule has 6 heteroatoms. The maximum atomic E-state index is 11.9. The quantitative estimate of drug-likeness (QED) is 0.678. The van der Waals surface area contributed by atoms with Gasteiger partial charge in [0.1, 0.15) is 0 Å². The highest BCUT2D eigenvalue weighted by molar-refractivity contribution is 9.10. The molecule has 2 aromatic carbocycles. The van der Waals surface area contributed by atoms with Crippen LogP contribution in [0.3, 0.4) is 0 Å². The average molecular weight is 353 g/mol. The molecular weight excluding hydrogens is 340 g/mol. The van der Waals surface area contributed by atoms with Crippen molar-refractivity contribution in [2.45, 2.75) is 11.8 Å². The van der Waals surface area contributed by atoms with Crippen molar-refractivity contribution in [2.75, 3.05) is 0 Å². The Morgan fingerprint density at radius 1 is 1.05 bits per heavy atom. The Morgan fingerprint density at radius 3 is 2.25 bits per heavy atom. The molecule has 0 spiro atoms. The molecule has 0 heterocycles. The van der Waals surface area contributed by atoms with E-state index >= 15 is 0 Å². The SMILES string of the molecule is Cc1ccc(/C=N\NS(=O)(=O)c2ccc(Br)cc2)cc1. The van der Waals surface area contributed by atoms with Crippen molar-refractivity contribution in [1.29, 1.82) is 0 Å². The van der Waals surface area contributed by atoms with Crippen LogP contribution < -0.4 is 4.83 Å². The molecule has 0 unspecified atom stereocenters. The third kappa shape index (κ3) is 3.91. The number of hydrogen-bond acceptors (Lipinski definition) is 3. The zero-order valence-electron chi connectivity index (χ0n) is 10.7. The van der Waals surface area contributed by atoms with Gasteiger partial charge in [0.05, 0.1) is 11.1 Å². The van der Waals surface area contributed by atoms with E-state index in [-0.39, 0.29) is 4.90 Å². The van der Waals surface area contributed by atoms with Crippen molar-refractivity contribution in [3.05, 3.63) is 64.1 Å². The van der Waals surface area contributed by atoms with Gasteiger partial charge in [0.15, 0.2) is 0 Å². The molecule has 104 valence electrons. The summed E-state index contributed by atoms with van der Waals surface area (Å²) in [7, 11) is -3.62. The van der Waals surface area contributed by atoms with Gasteiger partial charge in [0.25, 0.3) is 10.0 Å². The second kappa shape index (κ2) is 6.19. The molecule has 2 rings (SSSR count). The van der Waals surface area contributed by atoms with Crippen molar-refractivity contribution in [3.63, 3.8) is 0 Å². The summed E-state index contributed by atoms with van der Waals surface area (Å²) in [5.41, 5.74) is 1.96. The molecule has 0 saturated heterocycles. The van der Waals surface area contributed by atoms with E-state index in [1.807, 2.05) is 31.2 Å². The monoisotopic (exact) mass is 352 g/mol. The third-order valence-corrected chi connectivity index (χ3v) is 4.35. The Balaban J connectivity index is 2.09. The van der Waals surface area contributed by atoms with Crippen molar-refractivity contribution >= 4 is 32.2 Å². The van der Waals surface area contributed by atoms with Crippen LogP contribution >= 0.6 is 15.9 Å². The summed E-state index contributed by atoms with van der Waals surface area (Å²) in [5, 5.41) is 3.77. The molecule has 0 aliphatic carbocycles. The first-order chi connectivity index (χ1) is 9.47. The molecule has 0 aromatic heterocycles. The predicted octanol–water partition coefficient (Wildman–Crippen LogP) is 3.07. The number of sulfonamides is 1. The second-order valence-corrected chi connectivity index (χ2v) is 6.79. The Kier molecular flexibility index (Phi) is 4.57. The molecule has 1 N–H and O–H groups in total. The van der Waals surface area contributed by atoms with Gasteiger partial charge in [-0.1, -0.05) is 45.8 Å². The molecule has 0 atom stereocenters. The van der Waals surface area contributed by atoms with Crippen LogP contribution in [0, 0.1) is 6.92 Å². The summed E-state index contributed by atoms with van der Waals surface area (Å²) < 4.78 is 24.7. The number of rotatable bonds is 4. The fourth-order valence-corrected chi connectivity index (χ4v) is 2.54. The highest BCUT2D eigenvalue weighted by Gasteiger charge is 2.11. The molecule has 0 saturated carbocycles. The van der Waals surface area contributed by atoms with Crippen LogP contribution in [0.5, 0.6) is 0 Å². The molecule has 0 aliphatic rings. The van der Waals surface area contributed by atoms with E-state index in [0.717, 1.165) is 15.6 Å². The average Bonchev–Trinajstić information content (AvgIpc) is 2.41. The maximum absolute atomic E-state index is 11.9. The zero-order chi connectivity index (χ0) is 14.6. The lowest BCUT2D eigenvalue weighted by molar-refractivity contribution is 0.584. The lowest BCUT2D eigenvalue weighted by Gasteiger charge is -2.03. The van der Waals surface area contributed by atoms with E-state index in [4.69, 9.17) is 0 Å². The van der Waals surface area contributed by atoms with Gasteiger partial charge in [-0.05, 0) is 36.8 Å². The van der Waals surface area contributed by atoms with E-state index in [9.17, 15) is 8.42 Å². The summed E-state index contributed by atoms with van der Waals surface area (Å²) >= 11 is 3.26. The van der Waals surface area contributed by atoms with Crippen LogP contribution in [0.1, 0.15) is 11.1 Å². The van der Waals surface area contributed by atoms with Crippen molar-refractivity contribution in [3.8, 4) is 0 Å². The third-order valence-electron chi connectivity index (χ3n) is 2.59. The molecule has 2 aromatic rings. The first-order valence-corrected chi connectivity index (χ1v) is 8.12. The van der Waals surface area contributed by atoms with Gasteiger partial charge < -0.3 is 0 Å². The highest BCUT2D eigenvalue weighted by Crippen LogP contribution is 2.14. The Hall–Kier alpha value is -1.66. The molecule has 0 radical (unpaired) electrons. The van der Waals surface area contributed by atoms with Gasteiger partial charge in [0.2, 0.25) is 0 Å². The Morgan fingerprint density at radius 2 is 1.65 bits per heavy atom. The number of benzene rings is 2. The molecule has 0 aliphatic heterocycles. The summed E-state index contributed by atoms with van der Waals surface area (Å²) in [5.74, 6) is 0. The van der Waals surface area contributed by atoms with Gasteiger partial charge in [-0.25, -0.2) is 4.83 Å². The molecule has 0 amide bonds. The fraction of sp³-hybridized carbons (Fsp3) is 0.0714. The number of halogens is 1. The predicted molar refractivity (Wildman–Crippen MR) is 83.2 cm³/mol. The summed E-state index contributed by atoms with van der Waals surface area (Å²) in [4.78, 5) is 2.35. The number of nitrogens with one attached hydrogen (secondary N) is 1. The van der Waals surface area contributed by atoms with Gasteiger partial charge in [-0.2, -0.15) is 13.5 Å². The number of hydrazone groups is 1. The van der Waals surface area contributed by atoms with Crippen LogP contribution in [0.4, 0.5) is 0 Å². The molecule has 4 nitrogen and oxygen atoms in total. The first kappa shape index (κ1) is 14.7. The number of aryl methyl sites for hydroxylation is 1. The van der Waals surface area contributed by atoms with Gasteiger partial charge >= 0.3 is 0 Å². The smallest absolute Gasteiger partial charge is 0.200 e. The Labute approximate surface area is 126 Å². The van der Waals surface area contributed by atoms with Gasteiger partial charge in [-0.3, -0.25) is 0 Å². The highest BCUT2D eigenvalue weighted by atomic mass is 79.9. The molecule has 0 fully saturated rings. The molecular formula is C14H13BrN2O2S. The van der Waals surface area contributed by atoms with E-state index in [1.54, 1.807) is 12.1 Å². The Bertz CT molecular complexity index is 708. The zero-order valence-corrected chi connectivity index (χ0v) is 13.1. The van der Waals surface area contributed by atoms with E-state index in [2.05, 4.69) is 25.9 Å². The van der Waals surface area contributed by atoms with Crippen LogP contribution in [-0.4, -0.2) is 14.6 Å². The fourth-order valence-electron chi connectivity index (χ4n) is 1.49. The largest absolute Gasteiger partial charge is 0.276 e. The van der Waals surface area contributed by atoms with Crippen molar-refractivity contribution in [1.82, 2.24) is 4.83 Å². The van der Waals surface area contributed by atoms with Crippen LogP contribution in [0.15, 0.2) is 63.0 Å².